The van der Waals surface area contributed by atoms with Crippen LogP contribution in [0.2, 0.25) is 10.0 Å². The smallest absolute Gasteiger partial charge is 0.456 e. The highest BCUT2D eigenvalue weighted by molar-refractivity contribution is 6.37. The van der Waals surface area contributed by atoms with E-state index in [-0.39, 0.29) is 29.7 Å². The van der Waals surface area contributed by atoms with E-state index in [1.807, 2.05) is 0 Å². The summed E-state index contributed by atoms with van der Waals surface area (Å²) in [6.07, 6.45) is -3.00. The maximum absolute atomic E-state index is 12.6. The number of nitrogens with zero attached hydrogens (tertiary/aromatic N) is 1. The molecule has 184 valence electrons. The van der Waals surface area contributed by atoms with Gasteiger partial charge >= 0.3 is 12.3 Å². The average Bonchev–Trinajstić information content (AvgIpc) is 2.97. The van der Waals surface area contributed by atoms with Crippen LogP contribution in [-0.4, -0.2) is 22.5 Å². The summed E-state index contributed by atoms with van der Waals surface area (Å²) in [7, 11) is 0. The minimum Gasteiger partial charge on any atom is -0.456 e. The van der Waals surface area contributed by atoms with Crippen LogP contribution in [0.4, 0.5) is 13.2 Å². The Kier molecular flexibility index (Phi) is 7.45. The van der Waals surface area contributed by atoms with Gasteiger partial charge in [0.25, 0.3) is 0 Å². The number of carbonyl (C=O) groups excluding carboxylic acids is 1. The largest absolute Gasteiger partial charge is 0.573 e. The normalized spacial score (nSPS) is 12.3. The summed E-state index contributed by atoms with van der Waals surface area (Å²) < 4.78 is 55.0. The molecule has 0 aliphatic heterocycles. The lowest BCUT2D eigenvalue weighted by Crippen LogP contribution is -2.24. The van der Waals surface area contributed by atoms with Gasteiger partial charge in [0.15, 0.2) is 0 Å². The third kappa shape index (κ3) is 6.17. The van der Waals surface area contributed by atoms with Gasteiger partial charge in [-0.15, -0.1) is 13.2 Å². The van der Waals surface area contributed by atoms with Crippen molar-refractivity contribution in [3.05, 3.63) is 62.8 Å². The highest BCUT2D eigenvalue weighted by atomic mass is 35.5. The van der Waals surface area contributed by atoms with Gasteiger partial charge < -0.3 is 18.8 Å². The minimum absolute atomic E-state index is 0.00133. The molecule has 0 N–H and O–H groups in total. The molecule has 1 aromatic heterocycles. The Morgan fingerprint density at radius 1 is 1.06 bits per heavy atom. The van der Waals surface area contributed by atoms with Crippen molar-refractivity contribution in [2.45, 2.75) is 59.9 Å². The van der Waals surface area contributed by atoms with Crippen molar-refractivity contribution in [3.63, 3.8) is 0 Å². The molecule has 3 aromatic rings. The van der Waals surface area contributed by atoms with Crippen molar-refractivity contribution in [1.82, 2.24) is 4.57 Å². The molecule has 1 heterocycles. The van der Waals surface area contributed by atoms with Gasteiger partial charge in [-0.2, -0.15) is 0 Å². The number of ether oxygens (including phenoxy) is 3. The number of aromatic nitrogens is 1. The van der Waals surface area contributed by atoms with Crippen LogP contribution in [-0.2, 0) is 22.8 Å². The molecule has 0 saturated carbocycles. The SMILES string of the molecule is Cc1cn(COCc2c(Cl)ccc(C(=O)OC(C)(C)C)c2Cl)c2c(C)cc(OC(F)(F)F)cc12. The predicted octanol–water partition coefficient (Wildman–Crippen LogP) is 7.59. The topological polar surface area (TPSA) is 49.7 Å². The zero-order chi connectivity index (χ0) is 25.4. The van der Waals surface area contributed by atoms with E-state index >= 15 is 0 Å². The Hall–Kier alpha value is -2.42. The highest BCUT2D eigenvalue weighted by Gasteiger charge is 2.31. The van der Waals surface area contributed by atoms with Crippen LogP contribution < -0.4 is 4.74 Å². The van der Waals surface area contributed by atoms with Gasteiger partial charge in [0.1, 0.15) is 18.1 Å². The molecule has 0 aliphatic rings. The van der Waals surface area contributed by atoms with Gasteiger partial charge in [0, 0.05) is 22.2 Å². The molecular weight excluding hydrogens is 494 g/mol. The fraction of sp³-hybridized carbons (Fsp3) is 0.375. The van der Waals surface area contributed by atoms with Crippen LogP contribution in [0.3, 0.4) is 0 Å². The van der Waals surface area contributed by atoms with Crippen LogP contribution in [0.1, 0.15) is 47.8 Å². The second-order valence-electron chi connectivity index (χ2n) is 8.83. The van der Waals surface area contributed by atoms with Crippen molar-refractivity contribution in [1.29, 1.82) is 0 Å². The van der Waals surface area contributed by atoms with E-state index < -0.39 is 17.9 Å². The lowest BCUT2D eigenvalue weighted by atomic mass is 10.1. The Labute approximate surface area is 205 Å². The zero-order valence-electron chi connectivity index (χ0n) is 19.3. The van der Waals surface area contributed by atoms with Crippen LogP contribution in [0.15, 0.2) is 30.5 Å². The first-order valence-electron chi connectivity index (χ1n) is 10.3. The van der Waals surface area contributed by atoms with Crippen LogP contribution in [0, 0.1) is 13.8 Å². The van der Waals surface area contributed by atoms with E-state index in [0.29, 0.717) is 27.1 Å². The number of benzene rings is 2. The number of carbonyl (C=O) groups is 1. The van der Waals surface area contributed by atoms with E-state index in [1.165, 1.54) is 18.2 Å². The summed E-state index contributed by atoms with van der Waals surface area (Å²) in [5.74, 6) is -0.855. The lowest BCUT2D eigenvalue weighted by molar-refractivity contribution is -0.274. The molecule has 0 saturated heterocycles. The van der Waals surface area contributed by atoms with E-state index in [0.717, 1.165) is 5.56 Å². The number of alkyl halides is 3. The molecule has 5 nitrogen and oxygen atoms in total. The molecule has 34 heavy (non-hydrogen) atoms. The Bertz CT molecular complexity index is 1230. The number of hydrogen-bond donors (Lipinski definition) is 0. The molecule has 0 amide bonds. The molecule has 0 spiro atoms. The molecule has 0 aliphatic carbocycles. The van der Waals surface area contributed by atoms with Gasteiger partial charge in [-0.25, -0.2) is 4.79 Å². The molecule has 0 unspecified atom stereocenters. The first-order valence-corrected chi connectivity index (χ1v) is 11.1. The summed E-state index contributed by atoms with van der Waals surface area (Å²) >= 11 is 12.7. The number of fused-ring (bicyclic) bond motifs is 1. The summed E-state index contributed by atoms with van der Waals surface area (Å²) in [6.45, 7) is 8.82. The molecule has 0 atom stereocenters. The fourth-order valence-corrected chi connectivity index (χ4v) is 4.11. The molecule has 0 radical (unpaired) electrons. The van der Waals surface area contributed by atoms with Crippen LogP contribution in [0.5, 0.6) is 5.75 Å². The summed E-state index contributed by atoms with van der Waals surface area (Å²) in [4.78, 5) is 12.5. The van der Waals surface area contributed by atoms with Crippen molar-refractivity contribution < 1.29 is 32.2 Å². The van der Waals surface area contributed by atoms with Gasteiger partial charge in [0.2, 0.25) is 0 Å². The van der Waals surface area contributed by atoms with Gasteiger partial charge in [-0.1, -0.05) is 23.2 Å². The van der Waals surface area contributed by atoms with E-state index in [4.69, 9.17) is 32.7 Å². The Morgan fingerprint density at radius 3 is 2.35 bits per heavy atom. The summed E-state index contributed by atoms with van der Waals surface area (Å²) in [6, 6.07) is 5.71. The van der Waals surface area contributed by atoms with Gasteiger partial charge in [0.05, 0.1) is 22.7 Å². The number of halogens is 5. The maximum Gasteiger partial charge on any atom is 0.573 e. The monoisotopic (exact) mass is 517 g/mol. The molecule has 10 heteroatoms. The van der Waals surface area contributed by atoms with Crippen molar-refractivity contribution in [2.75, 3.05) is 0 Å². The van der Waals surface area contributed by atoms with Gasteiger partial charge in [-0.3, -0.25) is 0 Å². The van der Waals surface area contributed by atoms with Crippen molar-refractivity contribution in [3.8, 4) is 5.75 Å². The second kappa shape index (κ2) is 9.68. The molecule has 3 rings (SSSR count). The van der Waals surface area contributed by atoms with Crippen LogP contribution >= 0.6 is 23.2 Å². The standard InChI is InChI=1S/C24H24Cl2F3NO4/c1-13-8-15(33-24(27,28)29)9-17-14(2)10-30(21(13)17)12-32-11-18-19(25)7-6-16(20(18)26)22(31)34-23(3,4)5/h6-10H,11-12H2,1-5H3. The van der Waals surface area contributed by atoms with Gasteiger partial charge in [-0.05, 0) is 70.0 Å². The van der Waals surface area contributed by atoms with E-state index in [1.54, 1.807) is 51.4 Å². The maximum atomic E-state index is 12.6. The molecule has 0 bridgehead atoms. The number of aryl methyl sites for hydroxylation is 2. The second-order valence-corrected chi connectivity index (χ2v) is 9.62. The summed E-state index contributed by atoms with van der Waals surface area (Å²) in [5.41, 5.74) is 1.99. The first-order chi connectivity index (χ1) is 15.7. The Balaban J connectivity index is 1.81. The zero-order valence-corrected chi connectivity index (χ0v) is 20.8. The van der Waals surface area contributed by atoms with Crippen molar-refractivity contribution >= 4 is 40.1 Å². The number of hydrogen-bond acceptors (Lipinski definition) is 4. The average molecular weight is 518 g/mol. The highest BCUT2D eigenvalue weighted by Crippen LogP contribution is 2.33. The molecular formula is C24H24Cl2F3NO4. The van der Waals surface area contributed by atoms with Crippen LogP contribution in [0.25, 0.3) is 10.9 Å². The number of rotatable bonds is 6. The summed E-state index contributed by atoms with van der Waals surface area (Å²) in [5, 5.41) is 1.09. The first kappa shape index (κ1) is 26.2. The fourth-order valence-electron chi connectivity index (χ4n) is 3.56. The molecule has 0 fully saturated rings. The third-order valence-corrected chi connectivity index (χ3v) is 5.64. The predicted molar refractivity (Wildman–Crippen MR) is 125 cm³/mol. The number of esters is 1. The third-order valence-electron chi connectivity index (χ3n) is 4.85. The van der Waals surface area contributed by atoms with E-state index in [2.05, 4.69) is 4.74 Å². The van der Waals surface area contributed by atoms with E-state index in [9.17, 15) is 18.0 Å². The lowest BCUT2D eigenvalue weighted by Gasteiger charge is -2.20. The van der Waals surface area contributed by atoms with Crippen molar-refractivity contribution in [2.24, 2.45) is 0 Å². The quantitative estimate of drug-likeness (QED) is 0.316. The molecule has 2 aromatic carbocycles. The Morgan fingerprint density at radius 2 is 1.74 bits per heavy atom. The minimum atomic E-state index is -4.77.